The van der Waals surface area contributed by atoms with Crippen molar-refractivity contribution in [3.63, 3.8) is 0 Å². The lowest BCUT2D eigenvalue weighted by Gasteiger charge is -2.31. The first kappa shape index (κ1) is 15.9. The van der Waals surface area contributed by atoms with Gasteiger partial charge in [-0.2, -0.15) is 0 Å². The highest BCUT2D eigenvalue weighted by molar-refractivity contribution is 7.05. The summed E-state index contributed by atoms with van der Waals surface area (Å²) in [5.74, 6) is 0.279. The smallest absolute Gasteiger partial charge is 0.0857 e. The quantitative estimate of drug-likeness (QED) is 0.908. The Balaban J connectivity index is 2.33. The summed E-state index contributed by atoms with van der Waals surface area (Å²) < 4.78 is 10.3. The van der Waals surface area contributed by atoms with Gasteiger partial charge in [-0.1, -0.05) is 25.3 Å². The first-order valence-electron chi connectivity index (χ1n) is 7.22. The predicted octanol–water partition coefficient (Wildman–Crippen LogP) is 3.43. The van der Waals surface area contributed by atoms with Gasteiger partial charge in [-0.3, -0.25) is 0 Å². The summed E-state index contributed by atoms with van der Waals surface area (Å²) in [6, 6.07) is -0.0685. The van der Waals surface area contributed by atoms with Gasteiger partial charge in [-0.15, -0.1) is 5.10 Å². The molecule has 1 aromatic heterocycles. The first-order chi connectivity index (χ1) is 8.94. The lowest BCUT2D eigenvalue weighted by molar-refractivity contribution is -0.0766. The molecule has 0 bridgehead atoms. The molecule has 2 unspecified atom stereocenters. The number of nitrogens with zero attached hydrogens (tertiary/aromatic N) is 2. The number of rotatable bonds is 2. The maximum atomic E-state index is 6.59. The van der Waals surface area contributed by atoms with Crippen LogP contribution in [-0.2, 0) is 10.2 Å². The summed E-state index contributed by atoms with van der Waals surface area (Å²) in [5, 5.41) is 4.31. The van der Waals surface area contributed by atoms with Crippen LogP contribution in [0, 0.1) is 5.92 Å². The van der Waals surface area contributed by atoms with E-state index in [4.69, 9.17) is 10.5 Å². The van der Waals surface area contributed by atoms with Crippen molar-refractivity contribution in [1.29, 1.82) is 0 Å². The van der Waals surface area contributed by atoms with Crippen LogP contribution in [0.15, 0.2) is 0 Å². The molecule has 1 saturated heterocycles. The molecule has 1 aromatic rings. The Morgan fingerprint density at radius 2 is 1.90 bits per heavy atom. The van der Waals surface area contributed by atoms with Crippen LogP contribution in [0.3, 0.4) is 0 Å². The Bertz CT molecular complexity index is 488. The minimum absolute atomic E-state index is 0.0287. The third-order valence-corrected chi connectivity index (χ3v) is 4.93. The average molecular weight is 297 g/mol. The molecule has 0 spiro atoms. The van der Waals surface area contributed by atoms with Gasteiger partial charge < -0.3 is 10.5 Å². The van der Waals surface area contributed by atoms with Crippen LogP contribution < -0.4 is 5.73 Å². The third kappa shape index (κ3) is 2.90. The van der Waals surface area contributed by atoms with Crippen molar-refractivity contribution in [3.05, 3.63) is 10.6 Å². The zero-order valence-corrected chi connectivity index (χ0v) is 14.5. The first-order valence-corrected chi connectivity index (χ1v) is 8.00. The van der Waals surface area contributed by atoms with E-state index < -0.39 is 0 Å². The third-order valence-electron chi connectivity index (χ3n) is 4.10. The fourth-order valence-electron chi connectivity index (χ4n) is 3.28. The summed E-state index contributed by atoms with van der Waals surface area (Å²) in [6.45, 7) is 15.0. The van der Waals surface area contributed by atoms with Crippen molar-refractivity contribution in [2.75, 3.05) is 0 Å². The molecule has 0 saturated carbocycles. The molecular weight excluding hydrogens is 270 g/mol. The molecular formula is C15H27N3OS. The monoisotopic (exact) mass is 297 g/mol. The minimum Gasteiger partial charge on any atom is -0.369 e. The van der Waals surface area contributed by atoms with E-state index in [-0.39, 0.29) is 28.6 Å². The summed E-state index contributed by atoms with van der Waals surface area (Å²) >= 11 is 1.43. The standard InChI is InChI=1S/C15H27N3OS/c1-13(2,3)12-11(20-18-17-12)10(16)9-8-14(4,5)19-15(9,6)7/h9-10H,8,16H2,1-7H3. The van der Waals surface area contributed by atoms with Gasteiger partial charge in [-0.05, 0) is 45.6 Å². The largest absolute Gasteiger partial charge is 0.369 e. The van der Waals surface area contributed by atoms with E-state index in [1.165, 1.54) is 11.5 Å². The number of aromatic nitrogens is 2. The molecule has 1 aliphatic heterocycles. The van der Waals surface area contributed by atoms with Gasteiger partial charge >= 0.3 is 0 Å². The topological polar surface area (TPSA) is 61.0 Å². The summed E-state index contributed by atoms with van der Waals surface area (Å²) in [5.41, 5.74) is 7.24. The van der Waals surface area contributed by atoms with Crippen LogP contribution in [0.1, 0.15) is 71.5 Å². The summed E-state index contributed by atoms with van der Waals surface area (Å²) in [7, 11) is 0. The van der Waals surface area contributed by atoms with Crippen molar-refractivity contribution in [3.8, 4) is 0 Å². The second-order valence-corrected chi connectivity index (χ2v) is 8.82. The van der Waals surface area contributed by atoms with Gasteiger partial charge in [-0.25, -0.2) is 0 Å². The molecule has 1 fully saturated rings. The molecule has 5 heteroatoms. The highest BCUT2D eigenvalue weighted by Gasteiger charge is 2.49. The molecule has 0 radical (unpaired) electrons. The molecule has 2 atom stereocenters. The second-order valence-electron chi connectivity index (χ2n) is 8.04. The van der Waals surface area contributed by atoms with E-state index >= 15 is 0 Å². The van der Waals surface area contributed by atoms with E-state index in [0.29, 0.717) is 0 Å². The summed E-state index contributed by atoms with van der Waals surface area (Å²) in [4.78, 5) is 1.11. The number of nitrogens with two attached hydrogens (primary N) is 1. The van der Waals surface area contributed by atoms with Gasteiger partial charge in [0.05, 0.1) is 21.8 Å². The Morgan fingerprint density at radius 1 is 1.30 bits per heavy atom. The molecule has 0 amide bonds. The van der Waals surface area contributed by atoms with Crippen LogP contribution in [0.5, 0.6) is 0 Å². The molecule has 0 aromatic carbocycles. The maximum Gasteiger partial charge on any atom is 0.0857 e. The fraction of sp³-hybridized carbons (Fsp3) is 0.867. The van der Waals surface area contributed by atoms with Crippen LogP contribution in [0.25, 0.3) is 0 Å². The Kier molecular flexibility index (Phi) is 3.77. The molecule has 2 rings (SSSR count). The Labute approximate surface area is 126 Å². The highest BCUT2D eigenvalue weighted by atomic mass is 32.1. The molecule has 1 aliphatic rings. The van der Waals surface area contributed by atoms with E-state index in [2.05, 4.69) is 58.1 Å². The normalized spacial score (nSPS) is 26.7. The fourth-order valence-corrected chi connectivity index (χ4v) is 4.21. The van der Waals surface area contributed by atoms with Crippen LogP contribution in [-0.4, -0.2) is 20.8 Å². The summed E-state index contributed by atoms with van der Waals surface area (Å²) in [6.07, 6.45) is 0.961. The van der Waals surface area contributed by atoms with Gasteiger partial charge in [0.2, 0.25) is 0 Å². The molecule has 2 heterocycles. The van der Waals surface area contributed by atoms with Crippen molar-refractivity contribution in [1.82, 2.24) is 9.59 Å². The van der Waals surface area contributed by atoms with Crippen LogP contribution >= 0.6 is 11.5 Å². The van der Waals surface area contributed by atoms with E-state index in [9.17, 15) is 0 Å². The van der Waals surface area contributed by atoms with Gasteiger partial charge in [0.15, 0.2) is 0 Å². The van der Waals surface area contributed by atoms with Crippen molar-refractivity contribution < 1.29 is 4.74 Å². The molecule has 2 N–H and O–H groups in total. The van der Waals surface area contributed by atoms with Crippen molar-refractivity contribution in [2.24, 2.45) is 11.7 Å². The lowest BCUT2D eigenvalue weighted by atomic mass is 9.79. The zero-order chi connectivity index (χ0) is 15.3. The van der Waals surface area contributed by atoms with Gasteiger partial charge in [0.25, 0.3) is 0 Å². The van der Waals surface area contributed by atoms with Crippen LogP contribution in [0.2, 0.25) is 0 Å². The SMILES string of the molecule is CC1(C)CC(C(N)c2snnc2C(C)(C)C)C(C)(C)O1. The minimum atomic E-state index is -0.220. The number of hydrogen-bond donors (Lipinski definition) is 1. The van der Waals surface area contributed by atoms with Gasteiger partial charge in [0.1, 0.15) is 0 Å². The number of hydrogen-bond acceptors (Lipinski definition) is 5. The molecule has 114 valence electrons. The second kappa shape index (κ2) is 4.75. The van der Waals surface area contributed by atoms with E-state index in [1.807, 2.05) is 0 Å². The number of ether oxygens (including phenoxy) is 1. The van der Waals surface area contributed by atoms with Crippen molar-refractivity contribution >= 4 is 11.5 Å². The Hall–Kier alpha value is -0.520. The molecule has 0 aliphatic carbocycles. The predicted molar refractivity (Wildman–Crippen MR) is 82.9 cm³/mol. The van der Waals surface area contributed by atoms with E-state index in [0.717, 1.165) is 17.0 Å². The Morgan fingerprint density at radius 3 is 2.35 bits per heavy atom. The van der Waals surface area contributed by atoms with E-state index in [1.54, 1.807) is 0 Å². The highest BCUT2D eigenvalue weighted by Crippen LogP contribution is 2.48. The zero-order valence-electron chi connectivity index (χ0n) is 13.7. The lowest BCUT2D eigenvalue weighted by Crippen LogP contribution is -2.36. The van der Waals surface area contributed by atoms with Gasteiger partial charge in [0, 0.05) is 17.4 Å². The molecule has 20 heavy (non-hydrogen) atoms. The maximum absolute atomic E-state index is 6.59. The van der Waals surface area contributed by atoms with Crippen molar-refractivity contribution in [2.45, 2.75) is 77.5 Å². The molecule has 4 nitrogen and oxygen atoms in total. The van der Waals surface area contributed by atoms with Crippen LogP contribution in [0.4, 0.5) is 0 Å². The average Bonchev–Trinajstić information content (AvgIpc) is 2.78.